The van der Waals surface area contributed by atoms with E-state index in [0.717, 1.165) is 42.8 Å². The van der Waals surface area contributed by atoms with Crippen molar-refractivity contribution in [3.05, 3.63) is 0 Å². The zero-order chi connectivity index (χ0) is 7.73. The van der Waals surface area contributed by atoms with Gasteiger partial charge in [0.25, 0.3) is 0 Å². The van der Waals surface area contributed by atoms with Crippen LogP contribution in [-0.2, 0) is 0 Å². The lowest BCUT2D eigenvalue weighted by Crippen LogP contribution is -2.64. The molecule has 1 heterocycles. The molecule has 0 aromatic heterocycles. The summed E-state index contributed by atoms with van der Waals surface area (Å²) in [7, 11) is 6.06. The van der Waals surface area contributed by atoms with Gasteiger partial charge in [0, 0.05) is 6.63 Å². The molecule has 1 aliphatic carbocycles. The van der Waals surface area contributed by atoms with E-state index in [1.165, 1.54) is 5.54 Å². The van der Waals surface area contributed by atoms with Gasteiger partial charge in [0.05, 0.1) is 0 Å². The highest BCUT2D eigenvalue weighted by molar-refractivity contribution is 7.92. The van der Waals surface area contributed by atoms with Gasteiger partial charge in [0.15, 0.2) is 0 Å². The molecule has 0 bridgehead atoms. The molecule has 0 amide bonds. The SMILES string of the molecule is [SiH3][Si]1(C2CCC2)[SiH2][SiH2][SiH2][SiH2][SiH2]1. The molecule has 64 valence electrons. The molecule has 0 aromatic rings. The molecule has 2 rings (SSSR count). The van der Waals surface area contributed by atoms with Crippen molar-refractivity contribution in [2.45, 2.75) is 24.8 Å². The number of hydrogen-bond donors (Lipinski definition) is 0. The summed E-state index contributed by atoms with van der Waals surface area (Å²) >= 11 is 0. The minimum atomic E-state index is -0.0783. The van der Waals surface area contributed by atoms with Crippen molar-refractivity contribution in [3.8, 4) is 0 Å². The quantitative estimate of drug-likeness (QED) is 0.418. The van der Waals surface area contributed by atoms with Crippen molar-refractivity contribution in [1.82, 2.24) is 0 Å². The predicted molar refractivity (Wildman–Crippen MR) is 76.0 cm³/mol. The van der Waals surface area contributed by atoms with Gasteiger partial charge < -0.3 is 0 Å². The average Bonchev–Trinajstić information content (AvgIpc) is 1.83. The predicted octanol–water partition coefficient (Wildman–Crippen LogP) is -4.64. The Balaban J connectivity index is 1.94. The summed E-state index contributed by atoms with van der Waals surface area (Å²) in [5.41, 5.74) is 1.53. The lowest BCUT2D eigenvalue weighted by Gasteiger charge is -2.43. The Morgan fingerprint density at radius 2 is 1.73 bits per heavy atom. The first-order valence-electron chi connectivity index (χ1n) is 5.31. The molecule has 1 aliphatic heterocycles. The van der Waals surface area contributed by atoms with Crippen LogP contribution in [-0.4, -0.2) is 59.2 Å². The van der Waals surface area contributed by atoms with Gasteiger partial charge >= 0.3 is 0 Å². The molecule has 0 N–H and O–H groups in total. The summed E-state index contributed by atoms with van der Waals surface area (Å²) in [6, 6.07) is 0. The van der Waals surface area contributed by atoms with Crippen molar-refractivity contribution in [1.29, 1.82) is 0 Å². The second-order valence-corrected chi connectivity index (χ2v) is 76.7. The van der Waals surface area contributed by atoms with Gasteiger partial charge in [-0.05, 0) is 52.5 Å². The fourth-order valence-corrected chi connectivity index (χ4v) is 315. The summed E-state index contributed by atoms with van der Waals surface area (Å²) in [6.07, 6.45) is 5.19. The lowest BCUT2D eigenvalue weighted by atomic mass is 10.00. The minimum absolute atomic E-state index is 0.0783. The Hall–Kier alpha value is 1.52. The lowest BCUT2D eigenvalue weighted by molar-refractivity contribution is 0.498. The van der Waals surface area contributed by atoms with E-state index in [4.69, 9.17) is 0 Å². The van der Waals surface area contributed by atoms with Crippen molar-refractivity contribution < 1.29 is 0 Å². The first-order chi connectivity index (χ1) is 5.31. The smallest absolute Gasteiger partial charge is 0.0108 e. The van der Waals surface area contributed by atoms with E-state index < -0.39 is 0 Å². The number of hydrogen-bond acceptors (Lipinski definition) is 0. The Labute approximate surface area is 83.8 Å². The van der Waals surface area contributed by atoms with Crippen molar-refractivity contribution >= 4 is 59.2 Å². The van der Waals surface area contributed by atoms with E-state index in [1.54, 1.807) is 19.3 Å². The highest BCUT2D eigenvalue weighted by Gasteiger charge is 2.40. The fraction of sp³-hybridized carbons (Fsp3) is 1.00. The minimum Gasteiger partial charge on any atom is -0.0536 e. The van der Waals surface area contributed by atoms with Crippen LogP contribution in [0.15, 0.2) is 0 Å². The van der Waals surface area contributed by atoms with Crippen LogP contribution >= 0.6 is 0 Å². The molecule has 2 aliphatic rings. The molecule has 11 heavy (non-hydrogen) atoms. The molecule has 1 saturated carbocycles. The van der Waals surface area contributed by atoms with E-state index in [1.807, 2.05) is 9.76 Å². The van der Waals surface area contributed by atoms with Gasteiger partial charge in [-0.25, -0.2) is 0 Å². The Morgan fingerprint density at radius 3 is 2.18 bits per heavy atom. The van der Waals surface area contributed by atoms with E-state index in [9.17, 15) is 0 Å². The van der Waals surface area contributed by atoms with Crippen LogP contribution in [0.4, 0.5) is 0 Å². The maximum Gasteiger partial charge on any atom is 0.0108 e. The normalized spacial score (nSPS) is 51.3. The van der Waals surface area contributed by atoms with Crippen molar-refractivity contribution in [2.75, 3.05) is 0 Å². The first kappa shape index (κ1) is 9.09. The Morgan fingerprint density at radius 1 is 1.09 bits per heavy atom. The van der Waals surface area contributed by atoms with Crippen LogP contribution in [0, 0.1) is 0 Å². The number of rotatable bonds is 1. The van der Waals surface area contributed by atoms with Crippen LogP contribution in [0.3, 0.4) is 0 Å². The third-order valence-electron chi connectivity index (χ3n) is 4.09. The van der Waals surface area contributed by atoms with Gasteiger partial charge in [0.2, 0.25) is 0 Å². The molecule has 0 spiro atoms. The highest BCUT2D eigenvalue weighted by atomic mass is 30.2. The molecule has 0 nitrogen and oxygen atoms in total. The van der Waals surface area contributed by atoms with Crippen molar-refractivity contribution in [3.63, 3.8) is 0 Å². The summed E-state index contributed by atoms with van der Waals surface area (Å²) in [4.78, 5) is 0. The summed E-state index contributed by atoms with van der Waals surface area (Å²) in [5, 5.41) is 0. The Bertz CT molecular complexity index is 137. The molecule has 7 heteroatoms. The second-order valence-electron chi connectivity index (χ2n) is 4.84. The van der Waals surface area contributed by atoms with Gasteiger partial charge in [-0.15, -0.1) is 0 Å². The molecule has 0 radical (unpaired) electrons. The van der Waals surface area contributed by atoms with E-state index in [0.29, 0.717) is 0 Å². The van der Waals surface area contributed by atoms with E-state index >= 15 is 0 Å². The molecule has 0 atom stereocenters. The van der Waals surface area contributed by atoms with Crippen LogP contribution in [0.5, 0.6) is 0 Å². The molecule has 1 saturated heterocycles. The zero-order valence-electron chi connectivity index (χ0n) is 7.73. The topological polar surface area (TPSA) is 0 Å². The van der Waals surface area contributed by atoms with Crippen LogP contribution in [0.2, 0.25) is 5.54 Å². The van der Waals surface area contributed by atoms with E-state index in [2.05, 4.69) is 0 Å². The van der Waals surface area contributed by atoms with Crippen LogP contribution < -0.4 is 0 Å². The first-order valence-corrected chi connectivity index (χ1v) is 31.5. The molecular formula is C4H20Si7. The maximum atomic E-state index is 1.83. The molecule has 0 unspecified atom stereocenters. The van der Waals surface area contributed by atoms with Crippen LogP contribution in [0.25, 0.3) is 0 Å². The third-order valence-corrected chi connectivity index (χ3v) is 157. The average molecular weight is 265 g/mol. The molecule has 0 aromatic carbocycles. The monoisotopic (exact) mass is 264 g/mol. The van der Waals surface area contributed by atoms with Gasteiger partial charge in [-0.1, -0.05) is 24.8 Å². The van der Waals surface area contributed by atoms with Gasteiger partial charge in [-0.3, -0.25) is 0 Å². The second kappa shape index (κ2) is 3.72. The summed E-state index contributed by atoms with van der Waals surface area (Å²) < 4.78 is 0. The van der Waals surface area contributed by atoms with Gasteiger partial charge in [-0.2, -0.15) is 0 Å². The van der Waals surface area contributed by atoms with Crippen molar-refractivity contribution in [2.24, 2.45) is 0 Å². The van der Waals surface area contributed by atoms with Gasteiger partial charge in [0.1, 0.15) is 0 Å². The largest absolute Gasteiger partial charge is 0.0536 e. The van der Waals surface area contributed by atoms with Crippen LogP contribution in [0.1, 0.15) is 19.3 Å². The fourth-order valence-electron chi connectivity index (χ4n) is 2.87. The Kier molecular flexibility index (Phi) is 3.07. The maximum absolute atomic E-state index is 1.83. The van der Waals surface area contributed by atoms with E-state index in [-0.39, 0.29) is 6.63 Å². The summed E-state index contributed by atoms with van der Waals surface area (Å²) in [6.45, 7) is -0.0783. The molecular weight excluding hydrogens is 245 g/mol. The zero-order valence-corrected chi connectivity index (χ0v) is 17.8. The summed E-state index contributed by atoms with van der Waals surface area (Å²) in [5.74, 6) is 0. The standard InChI is InChI=1S/C4H20Si7/c5-11(4-2-1-3-4)9-7-6-8-10-11/h4H,1-3,6-10H2,5H3. The highest BCUT2D eigenvalue weighted by Crippen LogP contribution is 2.38. The molecule has 2 fully saturated rings. The third kappa shape index (κ3) is 1.89.